The van der Waals surface area contributed by atoms with Crippen LogP contribution in [0.1, 0.15) is 16.7 Å². The standard InChI is InChI=1S/C16H16BrF2NO/c1-21-10-12-4-2-3-11(7-12)8-20-9-13-15(18)6-5-14(17)16(13)19/h2-7,20H,8-10H2,1H3. The maximum absolute atomic E-state index is 13.8. The van der Waals surface area contributed by atoms with Gasteiger partial charge in [-0.15, -0.1) is 0 Å². The lowest BCUT2D eigenvalue weighted by Crippen LogP contribution is -2.15. The molecule has 0 aliphatic carbocycles. The van der Waals surface area contributed by atoms with Crippen LogP contribution < -0.4 is 5.32 Å². The summed E-state index contributed by atoms with van der Waals surface area (Å²) in [6.07, 6.45) is 0. The average Bonchev–Trinajstić information content (AvgIpc) is 2.48. The van der Waals surface area contributed by atoms with Gasteiger partial charge in [-0.1, -0.05) is 24.3 Å². The second kappa shape index (κ2) is 7.64. The fraction of sp³-hybridized carbons (Fsp3) is 0.250. The van der Waals surface area contributed by atoms with Crippen LogP contribution >= 0.6 is 15.9 Å². The quantitative estimate of drug-likeness (QED) is 0.785. The Morgan fingerprint density at radius 2 is 1.86 bits per heavy atom. The van der Waals surface area contributed by atoms with Gasteiger partial charge in [0.05, 0.1) is 11.1 Å². The minimum absolute atomic E-state index is 0.0393. The van der Waals surface area contributed by atoms with Crippen molar-refractivity contribution in [3.63, 3.8) is 0 Å². The molecule has 2 aromatic rings. The molecule has 2 nitrogen and oxygen atoms in total. The Kier molecular flexibility index (Phi) is 5.85. The van der Waals surface area contributed by atoms with Crippen LogP contribution in [0, 0.1) is 11.6 Å². The van der Waals surface area contributed by atoms with Crippen molar-refractivity contribution in [1.29, 1.82) is 0 Å². The lowest BCUT2D eigenvalue weighted by molar-refractivity contribution is 0.185. The third-order valence-corrected chi connectivity index (χ3v) is 3.68. The Balaban J connectivity index is 1.99. The number of nitrogens with one attached hydrogen (secondary N) is 1. The lowest BCUT2D eigenvalue weighted by Gasteiger charge is -2.09. The van der Waals surface area contributed by atoms with Crippen LogP contribution in [0.5, 0.6) is 0 Å². The summed E-state index contributed by atoms with van der Waals surface area (Å²) in [7, 11) is 1.64. The molecule has 21 heavy (non-hydrogen) atoms. The molecule has 5 heteroatoms. The van der Waals surface area contributed by atoms with Gasteiger partial charge in [-0.25, -0.2) is 8.78 Å². The molecular weight excluding hydrogens is 340 g/mol. The molecule has 2 aromatic carbocycles. The summed E-state index contributed by atoms with van der Waals surface area (Å²) in [4.78, 5) is 0. The Morgan fingerprint density at radius 3 is 2.62 bits per heavy atom. The van der Waals surface area contributed by atoms with Gasteiger partial charge >= 0.3 is 0 Å². The number of methoxy groups -OCH3 is 1. The fourth-order valence-corrected chi connectivity index (χ4v) is 2.43. The zero-order valence-electron chi connectivity index (χ0n) is 11.6. The van der Waals surface area contributed by atoms with Crippen molar-refractivity contribution in [2.75, 3.05) is 7.11 Å². The Morgan fingerprint density at radius 1 is 1.10 bits per heavy atom. The summed E-state index contributed by atoms with van der Waals surface area (Å²) in [5.41, 5.74) is 2.15. The zero-order valence-corrected chi connectivity index (χ0v) is 13.2. The molecule has 1 N–H and O–H groups in total. The van der Waals surface area contributed by atoms with E-state index in [1.54, 1.807) is 7.11 Å². The number of hydrogen-bond donors (Lipinski definition) is 1. The minimum atomic E-state index is -0.560. The molecule has 0 amide bonds. The van der Waals surface area contributed by atoms with Gasteiger partial charge in [0.2, 0.25) is 0 Å². The van der Waals surface area contributed by atoms with Crippen LogP contribution in [0.25, 0.3) is 0 Å². The molecule has 0 unspecified atom stereocenters. The van der Waals surface area contributed by atoms with Crippen LogP contribution in [0.4, 0.5) is 8.78 Å². The van der Waals surface area contributed by atoms with Gasteiger partial charge in [-0.05, 0) is 39.2 Å². The third kappa shape index (κ3) is 4.33. The van der Waals surface area contributed by atoms with Gasteiger partial charge in [-0.2, -0.15) is 0 Å². The smallest absolute Gasteiger partial charge is 0.144 e. The van der Waals surface area contributed by atoms with Crippen molar-refractivity contribution in [3.05, 3.63) is 69.2 Å². The predicted molar refractivity (Wildman–Crippen MR) is 81.8 cm³/mol. The monoisotopic (exact) mass is 355 g/mol. The van der Waals surface area contributed by atoms with Crippen LogP contribution in [0.2, 0.25) is 0 Å². The fourth-order valence-electron chi connectivity index (χ4n) is 2.06. The first-order valence-corrected chi connectivity index (χ1v) is 7.31. The minimum Gasteiger partial charge on any atom is -0.380 e. The van der Waals surface area contributed by atoms with Gasteiger partial charge in [0.15, 0.2) is 0 Å². The number of benzene rings is 2. The molecule has 0 heterocycles. The molecule has 0 aliphatic rings. The number of rotatable bonds is 6. The van der Waals surface area contributed by atoms with E-state index in [2.05, 4.69) is 21.2 Å². The van der Waals surface area contributed by atoms with Gasteiger partial charge < -0.3 is 10.1 Å². The van der Waals surface area contributed by atoms with E-state index in [-0.39, 0.29) is 16.6 Å². The summed E-state index contributed by atoms with van der Waals surface area (Å²) in [6, 6.07) is 10.5. The molecule has 0 atom stereocenters. The summed E-state index contributed by atoms with van der Waals surface area (Å²) >= 11 is 3.06. The van der Waals surface area contributed by atoms with E-state index in [1.165, 1.54) is 12.1 Å². The Labute approximate surface area is 131 Å². The van der Waals surface area contributed by atoms with Crippen molar-refractivity contribution in [3.8, 4) is 0 Å². The summed E-state index contributed by atoms with van der Waals surface area (Å²) in [5, 5.41) is 3.05. The first kappa shape index (κ1) is 16.1. The van der Waals surface area contributed by atoms with E-state index in [0.717, 1.165) is 11.1 Å². The maximum Gasteiger partial charge on any atom is 0.144 e. The summed E-state index contributed by atoms with van der Waals surface area (Å²) < 4.78 is 32.8. The Hall–Kier alpha value is -1.30. The molecule has 0 saturated carbocycles. The van der Waals surface area contributed by atoms with Crippen molar-refractivity contribution in [2.24, 2.45) is 0 Å². The van der Waals surface area contributed by atoms with Gasteiger partial charge in [0.1, 0.15) is 11.6 Å². The first-order chi connectivity index (χ1) is 10.1. The number of hydrogen-bond acceptors (Lipinski definition) is 2. The van der Waals surface area contributed by atoms with Crippen molar-refractivity contribution in [1.82, 2.24) is 5.32 Å². The topological polar surface area (TPSA) is 21.3 Å². The first-order valence-electron chi connectivity index (χ1n) is 6.51. The molecular formula is C16H16BrF2NO. The van der Waals surface area contributed by atoms with E-state index in [4.69, 9.17) is 4.74 Å². The highest BCUT2D eigenvalue weighted by Crippen LogP contribution is 2.21. The zero-order chi connectivity index (χ0) is 15.2. The van der Waals surface area contributed by atoms with Gasteiger partial charge in [-0.3, -0.25) is 0 Å². The normalized spacial score (nSPS) is 10.9. The van der Waals surface area contributed by atoms with Crippen LogP contribution in [-0.4, -0.2) is 7.11 Å². The average molecular weight is 356 g/mol. The maximum atomic E-state index is 13.8. The van der Waals surface area contributed by atoms with E-state index in [1.807, 2.05) is 24.3 Å². The van der Waals surface area contributed by atoms with E-state index in [9.17, 15) is 8.78 Å². The Bertz CT molecular complexity index is 619. The third-order valence-electron chi connectivity index (χ3n) is 3.07. The highest BCUT2D eigenvalue weighted by atomic mass is 79.9. The molecule has 0 spiro atoms. The highest BCUT2D eigenvalue weighted by molar-refractivity contribution is 9.10. The molecule has 0 aromatic heterocycles. The van der Waals surface area contributed by atoms with E-state index in [0.29, 0.717) is 13.2 Å². The van der Waals surface area contributed by atoms with Gasteiger partial charge in [0.25, 0.3) is 0 Å². The van der Waals surface area contributed by atoms with Crippen LogP contribution in [-0.2, 0) is 24.4 Å². The number of ether oxygens (including phenoxy) is 1. The van der Waals surface area contributed by atoms with Crippen molar-refractivity contribution in [2.45, 2.75) is 19.7 Å². The molecule has 0 aliphatic heterocycles. The molecule has 0 radical (unpaired) electrons. The highest BCUT2D eigenvalue weighted by Gasteiger charge is 2.11. The van der Waals surface area contributed by atoms with E-state index >= 15 is 0 Å². The molecule has 2 rings (SSSR count). The largest absolute Gasteiger partial charge is 0.380 e. The number of halogens is 3. The second-order valence-corrected chi connectivity index (χ2v) is 5.53. The second-order valence-electron chi connectivity index (χ2n) is 4.68. The van der Waals surface area contributed by atoms with Crippen LogP contribution in [0.15, 0.2) is 40.9 Å². The summed E-state index contributed by atoms with van der Waals surface area (Å²) in [5.74, 6) is -1.10. The van der Waals surface area contributed by atoms with E-state index < -0.39 is 11.6 Å². The van der Waals surface area contributed by atoms with Gasteiger partial charge in [0, 0.05) is 25.8 Å². The SMILES string of the molecule is COCc1cccc(CNCc2c(F)ccc(Br)c2F)c1. The molecule has 0 saturated heterocycles. The summed E-state index contributed by atoms with van der Waals surface area (Å²) in [6.45, 7) is 1.21. The predicted octanol–water partition coefficient (Wildman–Crippen LogP) is 4.16. The van der Waals surface area contributed by atoms with Crippen LogP contribution in [0.3, 0.4) is 0 Å². The molecule has 0 bridgehead atoms. The van der Waals surface area contributed by atoms with Crippen molar-refractivity contribution >= 4 is 15.9 Å². The van der Waals surface area contributed by atoms with Crippen molar-refractivity contribution < 1.29 is 13.5 Å². The molecule has 112 valence electrons. The molecule has 0 fully saturated rings. The lowest BCUT2D eigenvalue weighted by atomic mass is 10.1.